The number of carbonyl (C=O) groups is 1. The Hall–Kier alpha value is -3.30. The topological polar surface area (TPSA) is 86.8 Å². The van der Waals surface area contributed by atoms with Gasteiger partial charge >= 0.3 is 0 Å². The van der Waals surface area contributed by atoms with Crippen LogP contribution in [0.4, 0.5) is 0 Å². The number of fused-ring (bicyclic) bond motifs is 1. The van der Waals surface area contributed by atoms with Gasteiger partial charge in [-0.25, -0.2) is 0 Å². The van der Waals surface area contributed by atoms with Gasteiger partial charge < -0.3 is 19.6 Å². The number of hydrogen-bond donors (Lipinski definition) is 2. The average molecular weight is 335 g/mol. The van der Waals surface area contributed by atoms with Gasteiger partial charge in [0, 0.05) is 30.1 Å². The maximum atomic E-state index is 11.8. The van der Waals surface area contributed by atoms with Gasteiger partial charge in [0.1, 0.15) is 18.4 Å². The fourth-order valence-corrected chi connectivity index (χ4v) is 2.55. The Morgan fingerprint density at radius 3 is 2.76 bits per heavy atom. The van der Waals surface area contributed by atoms with E-state index in [0.29, 0.717) is 16.9 Å². The first kappa shape index (κ1) is 16.6. The third-order valence-corrected chi connectivity index (χ3v) is 3.78. The molecule has 3 rings (SSSR count). The molecule has 2 aromatic heterocycles. The first-order valence-corrected chi connectivity index (χ1v) is 7.83. The van der Waals surface area contributed by atoms with Gasteiger partial charge in [0.2, 0.25) is 0 Å². The van der Waals surface area contributed by atoms with E-state index in [1.807, 2.05) is 35.0 Å². The highest BCUT2D eigenvalue weighted by Crippen LogP contribution is 2.20. The van der Waals surface area contributed by atoms with E-state index in [1.165, 1.54) is 0 Å². The molecule has 0 unspecified atom stereocenters. The molecule has 1 aromatic carbocycles. The van der Waals surface area contributed by atoms with E-state index in [-0.39, 0.29) is 25.7 Å². The summed E-state index contributed by atoms with van der Waals surface area (Å²) in [6.45, 7) is 0.386. The van der Waals surface area contributed by atoms with E-state index >= 15 is 0 Å². The van der Waals surface area contributed by atoms with Crippen molar-refractivity contribution in [1.82, 2.24) is 9.72 Å². The number of nitrogens with one attached hydrogen (secondary N) is 1. The van der Waals surface area contributed by atoms with Gasteiger partial charge in [-0.3, -0.25) is 4.79 Å². The van der Waals surface area contributed by atoms with Crippen LogP contribution in [0.5, 0.6) is 5.75 Å². The van der Waals surface area contributed by atoms with Gasteiger partial charge in [0.05, 0.1) is 17.7 Å². The smallest absolute Gasteiger partial charge is 0.251 e. The minimum Gasteiger partial charge on any atom is -0.489 e. The third-order valence-electron chi connectivity index (χ3n) is 3.78. The number of hydrogen-bond acceptors (Lipinski definition) is 4. The van der Waals surface area contributed by atoms with Crippen LogP contribution in [-0.4, -0.2) is 28.6 Å². The van der Waals surface area contributed by atoms with Crippen molar-refractivity contribution in [1.29, 1.82) is 5.26 Å². The van der Waals surface area contributed by atoms with Crippen LogP contribution in [-0.2, 0) is 6.61 Å². The Morgan fingerprint density at radius 1 is 1.24 bits per heavy atom. The molecule has 1 amide bonds. The average Bonchev–Trinajstić information content (AvgIpc) is 3.02. The molecule has 0 atom stereocenters. The summed E-state index contributed by atoms with van der Waals surface area (Å²) in [4.78, 5) is 11.8. The van der Waals surface area contributed by atoms with E-state index in [4.69, 9.17) is 9.84 Å². The molecule has 126 valence electrons. The fourth-order valence-electron chi connectivity index (χ4n) is 2.55. The Balaban J connectivity index is 1.70. The molecule has 2 heterocycles. The molecule has 3 aromatic rings. The lowest BCUT2D eigenvalue weighted by atomic mass is 10.2. The molecule has 6 heteroatoms. The number of amides is 1. The number of aliphatic hydroxyl groups excluding tert-OH is 1. The summed E-state index contributed by atoms with van der Waals surface area (Å²) in [5.74, 6) is 0.365. The Labute approximate surface area is 144 Å². The van der Waals surface area contributed by atoms with Crippen LogP contribution in [0.1, 0.15) is 21.5 Å². The highest BCUT2D eigenvalue weighted by atomic mass is 16.5. The zero-order valence-electron chi connectivity index (χ0n) is 13.5. The van der Waals surface area contributed by atoms with Gasteiger partial charge in [-0.15, -0.1) is 0 Å². The minimum atomic E-state index is -0.244. The minimum absolute atomic E-state index is 0.0971. The number of benzene rings is 1. The van der Waals surface area contributed by atoms with Crippen molar-refractivity contribution in [2.24, 2.45) is 0 Å². The predicted molar refractivity (Wildman–Crippen MR) is 92.3 cm³/mol. The highest BCUT2D eigenvalue weighted by Gasteiger charge is 2.11. The normalized spacial score (nSPS) is 10.4. The van der Waals surface area contributed by atoms with E-state index in [0.717, 1.165) is 11.1 Å². The Morgan fingerprint density at radius 2 is 2.04 bits per heavy atom. The highest BCUT2D eigenvalue weighted by molar-refractivity contribution is 5.94. The fraction of sp³-hybridized carbons (Fsp3) is 0.158. The second-order valence-corrected chi connectivity index (χ2v) is 5.43. The number of rotatable bonds is 6. The standard InChI is InChI=1S/C19H17N3O3/c20-11-17-15(12-22-9-2-1-3-18(17)22)13-25-16-6-4-14(5-7-16)19(24)21-8-10-23/h1-7,9,12,23H,8,10,13H2,(H,21,24). The summed E-state index contributed by atoms with van der Waals surface area (Å²) in [6.07, 6.45) is 3.77. The third kappa shape index (κ3) is 3.62. The number of pyridine rings is 1. The van der Waals surface area contributed by atoms with Crippen LogP contribution in [0.3, 0.4) is 0 Å². The quantitative estimate of drug-likeness (QED) is 0.722. The number of aromatic nitrogens is 1. The van der Waals surface area contributed by atoms with E-state index in [2.05, 4.69) is 11.4 Å². The summed E-state index contributed by atoms with van der Waals surface area (Å²) in [7, 11) is 0. The monoisotopic (exact) mass is 335 g/mol. The summed E-state index contributed by atoms with van der Waals surface area (Å²) in [5.41, 5.74) is 2.74. The van der Waals surface area contributed by atoms with Crippen LogP contribution in [0.2, 0.25) is 0 Å². The Bertz CT molecular complexity index is 923. The van der Waals surface area contributed by atoms with Crippen LogP contribution in [0.25, 0.3) is 5.52 Å². The molecule has 6 nitrogen and oxygen atoms in total. The molecule has 0 fully saturated rings. The van der Waals surface area contributed by atoms with E-state index < -0.39 is 0 Å². The largest absolute Gasteiger partial charge is 0.489 e. The van der Waals surface area contributed by atoms with Crippen molar-refractivity contribution in [3.8, 4) is 11.8 Å². The lowest BCUT2D eigenvalue weighted by Gasteiger charge is -2.07. The zero-order valence-corrected chi connectivity index (χ0v) is 13.5. The van der Waals surface area contributed by atoms with Crippen LogP contribution >= 0.6 is 0 Å². The molecule has 0 aliphatic carbocycles. The summed E-state index contributed by atoms with van der Waals surface area (Å²) >= 11 is 0. The van der Waals surface area contributed by atoms with Crippen molar-refractivity contribution >= 4 is 11.4 Å². The molecule has 2 N–H and O–H groups in total. The van der Waals surface area contributed by atoms with Gasteiger partial charge in [0.25, 0.3) is 5.91 Å². The van der Waals surface area contributed by atoms with Gasteiger partial charge in [-0.2, -0.15) is 5.26 Å². The maximum absolute atomic E-state index is 11.8. The number of aliphatic hydroxyl groups is 1. The van der Waals surface area contributed by atoms with Crippen LogP contribution in [0, 0.1) is 11.3 Å². The number of nitrogens with zero attached hydrogens (tertiary/aromatic N) is 2. The lowest BCUT2D eigenvalue weighted by molar-refractivity contribution is 0.0944. The first-order valence-electron chi connectivity index (χ1n) is 7.83. The van der Waals surface area contributed by atoms with E-state index in [9.17, 15) is 10.1 Å². The van der Waals surface area contributed by atoms with Gasteiger partial charge in [-0.05, 0) is 36.4 Å². The molecule has 0 saturated heterocycles. The van der Waals surface area contributed by atoms with Crippen molar-refractivity contribution in [2.75, 3.05) is 13.2 Å². The number of nitriles is 1. The summed E-state index contributed by atoms with van der Waals surface area (Å²) in [6, 6.07) is 14.6. The molecule has 0 radical (unpaired) electrons. The van der Waals surface area contributed by atoms with Crippen LogP contribution in [0.15, 0.2) is 54.9 Å². The molecule has 0 spiro atoms. The first-order chi connectivity index (χ1) is 12.2. The van der Waals surface area contributed by atoms with Crippen molar-refractivity contribution in [3.05, 3.63) is 71.5 Å². The molecule has 0 saturated carbocycles. The SMILES string of the molecule is N#Cc1c(COc2ccc(C(=O)NCCO)cc2)cn2ccccc12. The molecule has 0 bridgehead atoms. The molecule has 25 heavy (non-hydrogen) atoms. The molecule has 0 aliphatic heterocycles. The van der Waals surface area contributed by atoms with Crippen molar-refractivity contribution in [3.63, 3.8) is 0 Å². The van der Waals surface area contributed by atoms with Gasteiger partial charge in [-0.1, -0.05) is 6.07 Å². The molecular formula is C19H17N3O3. The van der Waals surface area contributed by atoms with E-state index in [1.54, 1.807) is 24.3 Å². The lowest BCUT2D eigenvalue weighted by Crippen LogP contribution is -2.26. The second kappa shape index (κ2) is 7.51. The van der Waals surface area contributed by atoms with Crippen LogP contribution < -0.4 is 10.1 Å². The Kier molecular flexibility index (Phi) is 4.97. The van der Waals surface area contributed by atoms with Crippen molar-refractivity contribution < 1.29 is 14.6 Å². The summed E-state index contributed by atoms with van der Waals surface area (Å²) in [5, 5.41) is 20.7. The number of carbonyl (C=O) groups excluding carboxylic acids is 1. The molecular weight excluding hydrogens is 318 g/mol. The second-order valence-electron chi connectivity index (χ2n) is 5.43. The summed E-state index contributed by atoms with van der Waals surface area (Å²) < 4.78 is 7.64. The van der Waals surface area contributed by atoms with Gasteiger partial charge in [0.15, 0.2) is 0 Å². The molecule has 0 aliphatic rings. The maximum Gasteiger partial charge on any atom is 0.251 e. The zero-order chi connectivity index (χ0) is 17.6. The predicted octanol–water partition coefficient (Wildman–Crippen LogP) is 2.11. The van der Waals surface area contributed by atoms with Crippen molar-refractivity contribution in [2.45, 2.75) is 6.61 Å². The number of ether oxygens (including phenoxy) is 1.